The number of alkyl halides is 3. The summed E-state index contributed by atoms with van der Waals surface area (Å²) in [4.78, 5) is 10.4. The molecule has 0 aliphatic carbocycles. The van der Waals surface area contributed by atoms with E-state index in [4.69, 9.17) is 4.98 Å². The van der Waals surface area contributed by atoms with Crippen LogP contribution in [0.25, 0.3) is 11.3 Å². The molecular formula is C19H24F3N3S. The summed E-state index contributed by atoms with van der Waals surface area (Å²) in [5, 5.41) is 0.997. The first-order chi connectivity index (χ1) is 12.3. The van der Waals surface area contributed by atoms with Crippen LogP contribution in [0.5, 0.6) is 0 Å². The zero-order valence-electron chi connectivity index (χ0n) is 15.3. The average molecular weight is 383 g/mol. The van der Waals surface area contributed by atoms with Crippen LogP contribution >= 0.6 is 11.3 Å². The third-order valence-electron chi connectivity index (χ3n) is 4.95. The summed E-state index contributed by atoms with van der Waals surface area (Å²) in [6.07, 6.45) is -4.16. The molecule has 1 atom stereocenters. The Morgan fingerprint density at radius 3 is 2.27 bits per heavy atom. The van der Waals surface area contributed by atoms with Crippen molar-refractivity contribution in [3.05, 3.63) is 34.7 Å². The van der Waals surface area contributed by atoms with Crippen LogP contribution in [0.2, 0.25) is 0 Å². The van der Waals surface area contributed by atoms with Gasteiger partial charge < -0.3 is 9.80 Å². The van der Waals surface area contributed by atoms with Crippen molar-refractivity contribution in [1.82, 2.24) is 9.88 Å². The fourth-order valence-electron chi connectivity index (χ4n) is 3.31. The molecule has 26 heavy (non-hydrogen) atoms. The van der Waals surface area contributed by atoms with Crippen molar-refractivity contribution >= 4 is 16.5 Å². The molecule has 2 heterocycles. The number of hydrogen-bond donors (Lipinski definition) is 0. The Morgan fingerprint density at radius 2 is 1.73 bits per heavy atom. The highest BCUT2D eigenvalue weighted by Gasteiger charge is 2.39. The van der Waals surface area contributed by atoms with Crippen LogP contribution in [0.1, 0.15) is 29.7 Å². The number of piperazine rings is 1. The van der Waals surface area contributed by atoms with Crippen molar-refractivity contribution in [1.29, 1.82) is 0 Å². The minimum atomic E-state index is -4.21. The van der Waals surface area contributed by atoms with Crippen molar-refractivity contribution in [2.45, 2.75) is 32.4 Å². The van der Waals surface area contributed by atoms with Crippen molar-refractivity contribution in [2.75, 3.05) is 38.1 Å². The summed E-state index contributed by atoms with van der Waals surface area (Å²) in [6.45, 7) is 7.51. The largest absolute Gasteiger partial charge is 0.395 e. The van der Waals surface area contributed by atoms with Gasteiger partial charge in [-0.1, -0.05) is 31.2 Å². The Hall–Kier alpha value is -1.60. The van der Waals surface area contributed by atoms with Gasteiger partial charge in [0.25, 0.3) is 0 Å². The van der Waals surface area contributed by atoms with Crippen LogP contribution in [0.4, 0.5) is 18.3 Å². The van der Waals surface area contributed by atoms with Crippen LogP contribution in [0.3, 0.4) is 0 Å². The molecule has 2 aromatic rings. The molecule has 0 amide bonds. The summed E-state index contributed by atoms with van der Waals surface area (Å²) in [5.41, 5.74) is 2.06. The van der Waals surface area contributed by atoms with Crippen LogP contribution in [-0.2, 0) is 0 Å². The average Bonchev–Trinajstić information content (AvgIpc) is 2.97. The van der Waals surface area contributed by atoms with Crippen LogP contribution in [0, 0.1) is 6.92 Å². The van der Waals surface area contributed by atoms with Gasteiger partial charge in [-0.3, -0.25) is 0 Å². The Morgan fingerprint density at radius 1 is 1.12 bits per heavy atom. The number of aryl methyl sites for hydroxylation is 1. The highest BCUT2D eigenvalue weighted by molar-refractivity contribution is 7.16. The van der Waals surface area contributed by atoms with E-state index in [0.29, 0.717) is 5.56 Å². The Kier molecular flexibility index (Phi) is 5.58. The second-order valence-electron chi connectivity index (χ2n) is 6.82. The molecule has 1 fully saturated rings. The molecule has 1 aliphatic rings. The van der Waals surface area contributed by atoms with E-state index in [0.717, 1.165) is 47.4 Å². The molecule has 0 saturated carbocycles. The number of benzene rings is 1. The molecule has 0 N–H and O–H groups in total. The predicted molar refractivity (Wildman–Crippen MR) is 101 cm³/mol. The molecule has 0 bridgehead atoms. The molecule has 1 aromatic carbocycles. The summed E-state index contributed by atoms with van der Waals surface area (Å²) in [6, 6.07) is 6.70. The Labute approximate surface area is 156 Å². The number of nitrogens with zero attached hydrogens (tertiary/aromatic N) is 3. The quantitative estimate of drug-likeness (QED) is 0.747. The second kappa shape index (κ2) is 7.56. The topological polar surface area (TPSA) is 19.4 Å². The van der Waals surface area contributed by atoms with Crippen LogP contribution in [0.15, 0.2) is 24.3 Å². The number of likely N-dealkylation sites (N-methyl/N-ethyl adjacent to an activating group) is 1. The van der Waals surface area contributed by atoms with E-state index in [9.17, 15) is 13.2 Å². The van der Waals surface area contributed by atoms with E-state index in [-0.39, 0.29) is 6.42 Å². The van der Waals surface area contributed by atoms with Gasteiger partial charge in [-0.05, 0) is 26.0 Å². The molecule has 3 rings (SSSR count). The number of thiazole rings is 1. The van der Waals surface area contributed by atoms with E-state index in [1.165, 1.54) is 0 Å². The lowest BCUT2D eigenvalue weighted by atomic mass is 9.94. The van der Waals surface area contributed by atoms with Crippen LogP contribution < -0.4 is 4.90 Å². The van der Waals surface area contributed by atoms with Gasteiger partial charge in [-0.2, -0.15) is 13.2 Å². The zero-order valence-corrected chi connectivity index (χ0v) is 16.1. The van der Waals surface area contributed by atoms with Crippen molar-refractivity contribution in [2.24, 2.45) is 0 Å². The van der Waals surface area contributed by atoms with Crippen LogP contribution in [-0.4, -0.2) is 49.3 Å². The van der Waals surface area contributed by atoms with E-state index < -0.39 is 12.1 Å². The fourth-order valence-corrected chi connectivity index (χ4v) is 4.30. The smallest absolute Gasteiger partial charge is 0.346 e. The number of aromatic nitrogens is 1. The van der Waals surface area contributed by atoms with Gasteiger partial charge in [0, 0.05) is 36.6 Å². The molecule has 1 aromatic heterocycles. The molecule has 142 valence electrons. The summed E-state index contributed by atoms with van der Waals surface area (Å²) in [5.74, 6) is -1.41. The van der Waals surface area contributed by atoms with Gasteiger partial charge in [0.2, 0.25) is 0 Å². The highest BCUT2D eigenvalue weighted by atomic mass is 32.1. The maximum atomic E-state index is 13.1. The van der Waals surface area contributed by atoms with Crippen molar-refractivity contribution in [3.63, 3.8) is 0 Å². The van der Waals surface area contributed by atoms with Crippen molar-refractivity contribution < 1.29 is 13.2 Å². The predicted octanol–water partition coefficient (Wildman–Crippen LogP) is 4.93. The fraction of sp³-hybridized carbons (Fsp3) is 0.526. The Balaban J connectivity index is 1.81. The number of halogens is 3. The van der Waals surface area contributed by atoms with Gasteiger partial charge in [-0.25, -0.2) is 4.98 Å². The van der Waals surface area contributed by atoms with Gasteiger partial charge >= 0.3 is 6.18 Å². The number of rotatable bonds is 4. The highest BCUT2D eigenvalue weighted by Crippen LogP contribution is 2.38. The Bertz CT molecular complexity index is 731. The van der Waals surface area contributed by atoms with E-state index >= 15 is 0 Å². The number of hydrogen-bond acceptors (Lipinski definition) is 4. The van der Waals surface area contributed by atoms with E-state index in [1.54, 1.807) is 42.5 Å². The summed E-state index contributed by atoms with van der Waals surface area (Å²) >= 11 is 1.65. The summed E-state index contributed by atoms with van der Waals surface area (Å²) in [7, 11) is 2.11. The normalized spacial score (nSPS) is 17.5. The lowest BCUT2D eigenvalue weighted by Crippen LogP contribution is -2.44. The molecule has 0 unspecified atom stereocenters. The lowest BCUT2D eigenvalue weighted by molar-refractivity contribution is -0.151. The molecule has 1 aliphatic heterocycles. The molecule has 7 heteroatoms. The monoisotopic (exact) mass is 383 g/mol. The minimum absolute atomic E-state index is 0.0477. The van der Waals surface area contributed by atoms with E-state index in [2.05, 4.69) is 16.8 Å². The first-order valence-electron chi connectivity index (χ1n) is 8.87. The minimum Gasteiger partial charge on any atom is -0.346 e. The molecule has 0 spiro atoms. The first-order valence-corrected chi connectivity index (χ1v) is 9.69. The molecule has 0 radical (unpaired) electrons. The maximum absolute atomic E-state index is 13.1. The SMILES string of the molecule is CC[C@H](c1ccc(-c2nc(N3CCN(C)CC3)sc2C)cc1)C(F)(F)F. The summed E-state index contributed by atoms with van der Waals surface area (Å²) < 4.78 is 39.3. The van der Waals surface area contributed by atoms with Gasteiger partial charge in [0.15, 0.2) is 5.13 Å². The van der Waals surface area contributed by atoms with Gasteiger partial charge in [0.1, 0.15) is 0 Å². The van der Waals surface area contributed by atoms with Crippen molar-refractivity contribution in [3.8, 4) is 11.3 Å². The second-order valence-corrected chi connectivity index (χ2v) is 8.00. The van der Waals surface area contributed by atoms with Gasteiger partial charge in [-0.15, -0.1) is 11.3 Å². The van der Waals surface area contributed by atoms with Gasteiger partial charge in [0.05, 0.1) is 11.6 Å². The third-order valence-corrected chi connectivity index (χ3v) is 5.98. The third kappa shape index (κ3) is 4.04. The molecule has 3 nitrogen and oxygen atoms in total. The van der Waals surface area contributed by atoms with E-state index in [1.807, 2.05) is 6.92 Å². The zero-order chi connectivity index (χ0) is 18.9. The maximum Gasteiger partial charge on any atom is 0.395 e. The molecular weight excluding hydrogens is 359 g/mol. The molecule has 1 saturated heterocycles. The number of anilines is 1. The standard InChI is InChI=1S/C19H24F3N3S/c1-4-16(19(20,21)22)14-5-7-15(8-6-14)17-13(2)26-18(23-17)25-11-9-24(3)10-12-25/h5-8,16H,4,9-12H2,1-3H3/t16-/m1/s1. The lowest BCUT2D eigenvalue weighted by Gasteiger charge is -2.32. The first kappa shape index (κ1) is 19.2.